The Balaban J connectivity index is 1.61. The highest BCUT2D eigenvalue weighted by Crippen LogP contribution is 2.31. The topological polar surface area (TPSA) is 78.5 Å². The number of nitrogens with zero attached hydrogens (tertiary/aromatic N) is 1. The van der Waals surface area contributed by atoms with Gasteiger partial charge in [0.2, 0.25) is 0 Å². The number of halogens is 3. The van der Waals surface area contributed by atoms with Crippen molar-refractivity contribution in [2.75, 3.05) is 24.4 Å². The Labute approximate surface area is 192 Å². The molecule has 1 aliphatic rings. The van der Waals surface area contributed by atoms with Gasteiger partial charge >= 0.3 is 6.18 Å². The number of anilines is 1. The standard InChI is InChI=1S/C23H28F3N3O3S/c1-16(2)15-29-12-10-19(11-13-29)27-22(30)17-6-8-21(9-7-17)33(31,32)28-20-5-3-4-18(14-20)23(24,25)26/h3-9,14,16,19,28H,10-13,15H2,1-2H3,(H,27,30). The summed E-state index contributed by atoms with van der Waals surface area (Å²) in [5, 5.41) is 2.99. The van der Waals surface area contributed by atoms with E-state index in [0.717, 1.165) is 50.7 Å². The molecule has 0 aromatic heterocycles. The average molecular weight is 484 g/mol. The number of carbonyl (C=O) groups is 1. The van der Waals surface area contributed by atoms with Gasteiger partial charge in [0.15, 0.2) is 0 Å². The van der Waals surface area contributed by atoms with Crippen molar-refractivity contribution in [3.8, 4) is 0 Å². The second-order valence-corrected chi connectivity index (χ2v) is 10.3. The van der Waals surface area contributed by atoms with Gasteiger partial charge in [0.25, 0.3) is 15.9 Å². The van der Waals surface area contributed by atoms with Crippen molar-refractivity contribution >= 4 is 21.6 Å². The Bertz CT molecular complexity index is 1060. The third-order valence-corrected chi connectivity index (χ3v) is 6.81. The monoisotopic (exact) mass is 483 g/mol. The molecular weight excluding hydrogens is 455 g/mol. The first-order chi connectivity index (χ1) is 15.4. The van der Waals surface area contributed by atoms with Gasteiger partial charge in [-0.15, -0.1) is 0 Å². The van der Waals surface area contributed by atoms with Crippen LogP contribution >= 0.6 is 0 Å². The third kappa shape index (κ3) is 6.94. The summed E-state index contributed by atoms with van der Waals surface area (Å²) in [7, 11) is -4.12. The molecule has 0 spiro atoms. The summed E-state index contributed by atoms with van der Waals surface area (Å²) >= 11 is 0. The van der Waals surface area contributed by atoms with Crippen molar-refractivity contribution in [2.45, 2.75) is 43.8 Å². The van der Waals surface area contributed by atoms with Gasteiger partial charge in [0.05, 0.1) is 10.5 Å². The summed E-state index contributed by atoms with van der Waals surface area (Å²) in [6, 6.07) is 9.32. The highest BCUT2D eigenvalue weighted by molar-refractivity contribution is 7.92. The van der Waals surface area contributed by atoms with E-state index in [2.05, 4.69) is 28.8 Å². The van der Waals surface area contributed by atoms with E-state index >= 15 is 0 Å². The Kier molecular flexibility index (Phi) is 7.69. The van der Waals surface area contributed by atoms with E-state index in [1.807, 2.05) is 0 Å². The van der Waals surface area contributed by atoms with Crippen LogP contribution in [0, 0.1) is 5.92 Å². The number of likely N-dealkylation sites (tertiary alicyclic amines) is 1. The number of rotatable bonds is 7. The molecule has 1 saturated heterocycles. The summed E-state index contributed by atoms with van der Waals surface area (Å²) in [4.78, 5) is 14.8. The largest absolute Gasteiger partial charge is 0.416 e. The van der Waals surface area contributed by atoms with Gasteiger partial charge in [-0.05, 0) is 61.2 Å². The van der Waals surface area contributed by atoms with Crippen LogP contribution in [-0.4, -0.2) is 44.9 Å². The molecule has 0 saturated carbocycles. The first-order valence-corrected chi connectivity index (χ1v) is 12.3. The van der Waals surface area contributed by atoms with Crippen molar-refractivity contribution in [1.29, 1.82) is 0 Å². The first-order valence-electron chi connectivity index (χ1n) is 10.8. The summed E-state index contributed by atoms with van der Waals surface area (Å²) in [6.45, 7) is 7.22. The molecule has 3 rings (SSSR count). The van der Waals surface area contributed by atoms with E-state index in [-0.39, 0.29) is 22.5 Å². The van der Waals surface area contributed by atoms with Crippen LogP contribution in [0.3, 0.4) is 0 Å². The maximum Gasteiger partial charge on any atom is 0.416 e. The summed E-state index contributed by atoms with van der Waals surface area (Å²) in [5.74, 6) is 0.307. The van der Waals surface area contributed by atoms with Gasteiger partial charge in [-0.1, -0.05) is 19.9 Å². The predicted molar refractivity (Wildman–Crippen MR) is 120 cm³/mol. The number of sulfonamides is 1. The molecular formula is C23H28F3N3O3S. The van der Waals surface area contributed by atoms with Crippen molar-refractivity contribution in [2.24, 2.45) is 5.92 Å². The zero-order valence-electron chi connectivity index (χ0n) is 18.5. The van der Waals surface area contributed by atoms with Crippen LogP contribution in [0.2, 0.25) is 0 Å². The lowest BCUT2D eigenvalue weighted by Gasteiger charge is -2.33. The van der Waals surface area contributed by atoms with E-state index in [0.29, 0.717) is 11.5 Å². The van der Waals surface area contributed by atoms with Crippen LogP contribution in [0.4, 0.5) is 18.9 Å². The second-order valence-electron chi connectivity index (χ2n) is 8.65. The lowest BCUT2D eigenvalue weighted by Crippen LogP contribution is -2.45. The smallest absolute Gasteiger partial charge is 0.349 e. The highest BCUT2D eigenvalue weighted by atomic mass is 32.2. The normalized spacial score (nSPS) is 16.1. The van der Waals surface area contributed by atoms with E-state index < -0.39 is 21.8 Å². The zero-order chi connectivity index (χ0) is 24.2. The average Bonchev–Trinajstić information content (AvgIpc) is 2.74. The molecule has 1 amide bonds. The van der Waals surface area contributed by atoms with Crippen LogP contribution in [0.15, 0.2) is 53.4 Å². The number of hydrogen-bond donors (Lipinski definition) is 2. The molecule has 2 aromatic carbocycles. The fourth-order valence-corrected chi connectivity index (χ4v) is 4.85. The number of hydrogen-bond acceptors (Lipinski definition) is 4. The van der Waals surface area contributed by atoms with Gasteiger partial charge < -0.3 is 10.2 Å². The number of nitrogens with one attached hydrogen (secondary N) is 2. The van der Waals surface area contributed by atoms with E-state index in [4.69, 9.17) is 0 Å². The SMILES string of the molecule is CC(C)CN1CCC(NC(=O)c2ccc(S(=O)(=O)Nc3cccc(C(F)(F)F)c3)cc2)CC1. The van der Waals surface area contributed by atoms with E-state index in [9.17, 15) is 26.4 Å². The zero-order valence-corrected chi connectivity index (χ0v) is 19.3. The van der Waals surface area contributed by atoms with Crippen molar-refractivity contribution in [3.05, 3.63) is 59.7 Å². The molecule has 0 unspecified atom stereocenters. The van der Waals surface area contributed by atoms with Crippen LogP contribution in [-0.2, 0) is 16.2 Å². The van der Waals surface area contributed by atoms with Crippen LogP contribution in [0.25, 0.3) is 0 Å². The number of alkyl halides is 3. The van der Waals surface area contributed by atoms with Gasteiger partial charge in [-0.2, -0.15) is 13.2 Å². The van der Waals surface area contributed by atoms with Crippen LogP contribution in [0.5, 0.6) is 0 Å². The van der Waals surface area contributed by atoms with Gasteiger partial charge in [-0.25, -0.2) is 8.42 Å². The third-order valence-electron chi connectivity index (χ3n) is 5.42. The Morgan fingerprint density at radius 1 is 1.09 bits per heavy atom. The molecule has 1 aliphatic heterocycles. The van der Waals surface area contributed by atoms with Gasteiger partial charge in [0.1, 0.15) is 0 Å². The second kappa shape index (κ2) is 10.1. The molecule has 180 valence electrons. The van der Waals surface area contributed by atoms with Crippen molar-refractivity contribution in [3.63, 3.8) is 0 Å². The minimum Gasteiger partial charge on any atom is -0.349 e. The maximum absolute atomic E-state index is 12.9. The molecule has 2 aromatic rings. The summed E-state index contributed by atoms with van der Waals surface area (Å²) < 4.78 is 65.9. The quantitative estimate of drug-likeness (QED) is 0.614. The van der Waals surface area contributed by atoms with Crippen molar-refractivity contribution < 1.29 is 26.4 Å². The fourth-order valence-electron chi connectivity index (χ4n) is 3.80. The van der Waals surface area contributed by atoms with Crippen LogP contribution in [0.1, 0.15) is 42.6 Å². The minimum atomic E-state index is -4.58. The molecule has 0 atom stereocenters. The molecule has 1 heterocycles. The molecule has 0 radical (unpaired) electrons. The van der Waals surface area contributed by atoms with E-state index in [1.165, 1.54) is 30.3 Å². The minimum absolute atomic E-state index is 0.0619. The van der Waals surface area contributed by atoms with E-state index in [1.54, 1.807) is 0 Å². The Hall–Kier alpha value is -2.59. The summed E-state index contributed by atoms with van der Waals surface area (Å²) in [6.07, 6.45) is -2.88. The lowest BCUT2D eigenvalue weighted by atomic mass is 10.0. The maximum atomic E-state index is 12.9. The number of amides is 1. The molecule has 2 N–H and O–H groups in total. The molecule has 1 fully saturated rings. The fraction of sp³-hybridized carbons (Fsp3) is 0.435. The van der Waals surface area contributed by atoms with Gasteiger partial charge in [-0.3, -0.25) is 9.52 Å². The number of benzene rings is 2. The number of carbonyl (C=O) groups excluding carboxylic acids is 1. The van der Waals surface area contributed by atoms with Gasteiger partial charge in [0, 0.05) is 36.9 Å². The number of piperidine rings is 1. The van der Waals surface area contributed by atoms with Crippen LogP contribution < -0.4 is 10.0 Å². The first kappa shape index (κ1) is 25.0. The molecule has 0 bridgehead atoms. The highest BCUT2D eigenvalue weighted by Gasteiger charge is 2.31. The predicted octanol–water partition coefficient (Wildman–Crippen LogP) is 4.36. The molecule has 10 heteroatoms. The molecule has 6 nitrogen and oxygen atoms in total. The Morgan fingerprint density at radius 3 is 2.30 bits per heavy atom. The molecule has 0 aliphatic carbocycles. The molecule has 33 heavy (non-hydrogen) atoms. The Morgan fingerprint density at radius 2 is 1.73 bits per heavy atom. The van der Waals surface area contributed by atoms with Crippen molar-refractivity contribution in [1.82, 2.24) is 10.2 Å². The lowest BCUT2D eigenvalue weighted by molar-refractivity contribution is -0.137. The summed E-state index contributed by atoms with van der Waals surface area (Å²) in [5.41, 5.74) is -0.835.